The molecular weight excluding hydrogens is 339 g/mol. The van der Waals surface area contributed by atoms with Crippen molar-refractivity contribution >= 4 is 7.63 Å². The smallest absolute Gasteiger partial charge is 1.00 e. The van der Waals surface area contributed by atoms with Crippen LogP contribution in [0, 0.1) is 5.92 Å². The first-order chi connectivity index (χ1) is 8.10. The van der Waals surface area contributed by atoms with E-state index in [0.29, 0.717) is 5.92 Å². The largest absolute Gasteiger partial charge is 1.00 e. The van der Waals surface area contributed by atoms with E-state index >= 15 is 0 Å². The van der Waals surface area contributed by atoms with Crippen molar-refractivity contribution in [3.63, 3.8) is 0 Å². The van der Waals surface area contributed by atoms with Crippen LogP contribution in [0.25, 0.3) is 0 Å². The molecule has 0 aromatic rings. The van der Waals surface area contributed by atoms with Gasteiger partial charge in [0.05, 0.1) is 0 Å². The molecule has 1 unspecified atom stereocenters. The van der Waals surface area contributed by atoms with Gasteiger partial charge in [0.2, 0.25) is 0 Å². The van der Waals surface area contributed by atoms with Crippen LogP contribution in [0.3, 0.4) is 0 Å². The summed E-state index contributed by atoms with van der Waals surface area (Å²) in [4.78, 5) is 0. The third kappa shape index (κ3) is 3.44. The zero-order valence-electron chi connectivity index (χ0n) is 13.5. The van der Waals surface area contributed by atoms with E-state index in [0.717, 1.165) is 0 Å². The van der Waals surface area contributed by atoms with E-state index in [1.165, 1.54) is 12.0 Å². The molecule has 2 aliphatic carbocycles. The zero-order chi connectivity index (χ0) is 13.7. The van der Waals surface area contributed by atoms with E-state index in [1.807, 2.05) is 0 Å². The summed E-state index contributed by atoms with van der Waals surface area (Å²) >= 11 is -2.64. The summed E-state index contributed by atoms with van der Waals surface area (Å²) in [5.74, 6) is 0.649. The number of hydrogen-bond donors (Lipinski definition) is 0. The average Bonchev–Trinajstić information content (AvgIpc) is 2.70. The molecule has 4 heteroatoms. The number of halogens is 2. The Labute approximate surface area is 139 Å². The van der Waals surface area contributed by atoms with Crippen molar-refractivity contribution in [1.29, 1.82) is 0 Å². The third-order valence-electron chi connectivity index (χ3n) is 4.67. The van der Waals surface area contributed by atoms with Crippen LogP contribution in [0.1, 0.15) is 34.1 Å². The fraction of sp³-hybridized carbons (Fsp3) is 0.500. The second-order valence-corrected chi connectivity index (χ2v) is 26.3. The molecule has 0 spiro atoms. The summed E-state index contributed by atoms with van der Waals surface area (Å²) in [5.41, 5.74) is 4.57. The monoisotopic (exact) mass is 364 g/mol. The van der Waals surface area contributed by atoms with Crippen molar-refractivity contribution in [2.75, 3.05) is 0 Å². The van der Waals surface area contributed by atoms with Crippen LogP contribution in [-0.4, -0.2) is 7.63 Å². The van der Waals surface area contributed by atoms with Crippen LogP contribution in [0.4, 0.5) is 0 Å². The maximum atomic E-state index is 2.61. The molecular formula is C16H26Cl2SiTi. The molecule has 0 nitrogen and oxygen atoms in total. The standard InChI is InChI=1S/2C7H9.2CH3.2ClH.H2Si.Ti/c2*1-6-3-4-7(2)5-6;;;;;;/h5H,3H2,1-2H3;3,5,7H,1-2H3;2*1H3;2*1H;1H2;/q;;;;;;;+2/p-2. The predicted molar refractivity (Wildman–Crippen MR) is 82.4 cm³/mol. The summed E-state index contributed by atoms with van der Waals surface area (Å²) < 4.78 is 3.56. The Bertz CT molecular complexity index is 600. The Morgan fingerprint density at radius 3 is 2.00 bits per heavy atom. The molecule has 0 fully saturated rings. The van der Waals surface area contributed by atoms with Crippen molar-refractivity contribution in [3.05, 3.63) is 42.7 Å². The summed E-state index contributed by atoms with van der Waals surface area (Å²) in [7, 11) is 2.35. The minimum atomic E-state index is -2.64. The first kappa shape index (κ1) is 20.5. The van der Waals surface area contributed by atoms with Gasteiger partial charge in [0.25, 0.3) is 0 Å². The van der Waals surface area contributed by atoms with Gasteiger partial charge in [-0.25, -0.2) is 0 Å². The van der Waals surface area contributed by atoms with Crippen LogP contribution >= 0.6 is 0 Å². The van der Waals surface area contributed by atoms with Crippen LogP contribution in [0.2, 0.25) is 10.5 Å². The van der Waals surface area contributed by atoms with E-state index in [4.69, 9.17) is 0 Å². The minimum absolute atomic E-state index is 0. The van der Waals surface area contributed by atoms with E-state index in [2.05, 4.69) is 64.0 Å². The molecule has 20 heavy (non-hydrogen) atoms. The first-order valence-corrected chi connectivity index (χ1v) is 15.7. The molecule has 0 aromatic heterocycles. The second kappa shape index (κ2) is 6.30. The van der Waals surface area contributed by atoms with Crippen molar-refractivity contribution < 1.29 is 38.9 Å². The summed E-state index contributed by atoms with van der Waals surface area (Å²) in [5, 5.41) is 5.21. The van der Waals surface area contributed by atoms with E-state index in [1.54, 1.807) is 18.9 Å². The van der Waals surface area contributed by atoms with Gasteiger partial charge in [0.1, 0.15) is 0 Å². The zero-order valence-corrected chi connectivity index (χ0v) is 18.0. The molecule has 0 bridgehead atoms. The quantitative estimate of drug-likeness (QED) is 0.519. The summed E-state index contributed by atoms with van der Waals surface area (Å²) in [6, 6.07) is 0. The van der Waals surface area contributed by atoms with Gasteiger partial charge in [-0.2, -0.15) is 0 Å². The van der Waals surface area contributed by atoms with Gasteiger partial charge < -0.3 is 24.8 Å². The Morgan fingerprint density at radius 1 is 1.10 bits per heavy atom. The molecule has 2 rings (SSSR count). The van der Waals surface area contributed by atoms with Crippen LogP contribution in [-0.2, 0) is 14.0 Å². The van der Waals surface area contributed by atoms with E-state index in [-0.39, 0.29) is 24.8 Å². The topological polar surface area (TPSA) is 0 Å². The van der Waals surface area contributed by atoms with Crippen molar-refractivity contribution in [1.82, 2.24) is 0 Å². The molecule has 0 aliphatic heterocycles. The third-order valence-corrected chi connectivity index (χ3v) is 15.9. The van der Waals surface area contributed by atoms with Gasteiger partial charge in [-0.05, 0) is 0 Å². The molecule has 1 atom stereocenters. The summed E-state index contributed by atoms with van der Waals surface area (Å²) in [6.07, 6.45) is 8.55. The van der Waals surface area contributed by atoms with Crippen molar-refractivity contribution in [2.24, 2.45) is 5.92 Å². The molecule has 112 valence electrons. The molecule has 0 radical (unpaired) electrons. The number of rotatable bonds is 2. The van der Waals surface area contributed by atoms with Crippen LogP contribution in [0.5, 0.6) is 0 Å². The molecule has 0 heterocycles. The van der Waals surface area contributed by atoms with Crippen molar-refractivity contribution in [2.45, 2.75) is 44.6 Å². The van der Waals surface area contributed by atoms with Gasteiger partial charge in [0.15, 0.2) is 0 Å². The van der Waals surface area contributed by atoms with Gasteiger partial charge >= 0.3 is 115 Å². The fourth-order valence-electron chi connectivity index (χ4n) is 3.89. The maximum Gasteiger partial charge on any atom is -1.00 e. The van der Waals surface area contributed by atoms with E-state index < -0.39 is 14.0 Å². The van der Waals surface area contributed by atoms with Crippen molar-refractivity contribution in [3.8, 4) is 0 Å². The maximum absolute atomic E-state index is 2.64. The van der Waals surface area contributed by atoms with Gasteiger partial charge in [0, 0.05) is 0 Å². The molecule has 0 saturated carbocycles. The normalized spacial score (nSPS) is 21.5. The Morgan fingerprint density at radius 2 is 1.65 bits per heavy atom. The molecule has 2 aliphatic rings. The predicted octanol–water partition coefficient (Wildman–Crippen LogP) is -1.57. The number of hydrogen-bond acceptors (Lipinski definition) is 0. The van der Waals surface area contributed by atoms with Gasteiger partial charge in [-0.15, -0.1) is 0 Å². The van der Waals surface area contributed by atoms with Crippen LogP contribution < -0.4 is 24.8 Å². The first-order valence-electron chi connectivity index (χ1n) is 6.95. The Kier molecular flexibility index (Phi) is 6.45. The molecule has 0 amide bonds. The number of allylic oxidation sites excluding steroid dienone is 8. The SMILES string of the molecule is CC1=CC(C)[C]([Ti+2]([CH3])([CH3])(=[SiH2])[C]2=C(C)C=C(C)C2)=C1.[Cl-].[Cl-]. The fourth-order valence-corrected chi connectivity index (χ4v) is 14.7. The van der Waals surface area contributed by atoms with Crippen LogP contribution in [0.15, 0.2) is 42.7 Å². The molecule has 0 saturated heterocycles. The van der Waals surface area contributed by atoms with E-state index in [9.17, 15) is 0 Å². The minimum Gasteiger partial charge on any atom is -1.00 e. The summed E-state index contributed by atoms with van der Waals surface area (Å²) in [6.45, 7) is 9.21. The second-order valence-electron chi connectivity index (χ2n) is 7.31. The Hall–Kier alpha value is 0.471. The average molecular weight is 365 g/mol. The van der Waals surface area contributed by atoms with Gasteiger partial charge in [-0.1, -0.05) is 0 Å². The Balaban J connectivity index is 0.00000180. The molecule has 0 aromatic carbocycles. The van der Waals surface area contributed by atoms with Gasteiger partial charge in [-0.3, -0.25) is 0 Å². The molecule has 0 N–H and O–H groups in total.